The van der Waals surface area contributed by atoms with Gasteiger partial charge in [0, 0.05) is 10.9 Å². The number of benzene rings is 1. The zero-order valence-electron chi connectivity index (χ0n) is 10.4. The lowest BCUT2D eigenvalue weighted by molar-refractivity contribution is 0.0957. The number of nitrogens with two attached hydrogens (primary N) is 1. The molecule has 0 aliphatic carbocycles. The minimum atomic E-state index is -0.302. The van der Waals surface area contributed by atoms with Crippen LogP contribution < -0.4 is 25.5 Å². The highest BCUT2D eigenvalue weighted by atomic mass is 32.1. The van der Waals surface area contributed by atoms with Crippen LogP contribution >= 0.6 is 11.3 Å². The van der Waals surface area contributed by atoms with E-state index in [1.807, 2.05) is 12.1 Å². The molecule has 1 amide bonds. The van der Waals surface area contributed by atoms with Gasteiger partial charge < -0.3 is 14.2 Å². The number of nitrogen functional groups attached to an aromatic ring is 1. The first-order valence-electron chi connectivity index (χ1n) is 5.88. The Bertz CT molecular complexity index is 641. The first-order valence-corrected chi connectivity index (χ1v) is 6.70. The zero-order valence-corrected chi connectivity index (χ0v) is 11.2. The molecule has 0 saturated heterocycles. The number of carbonyl (C=O) groups excluding carboxylic acids is 1. The lowest BCUT2D eigenvalue weighted by Crippen LogP contribution is -2.29. The van der Waals surface area contributed by atoms with Gasteiger partial charge in [-0.2, -0.15) is 0 Å². The summed E-state index contributed by atoms with van der Waals surface area (Å²) in [4.78, 5) is 12.8. The van der Waals surface area contributed by atoms with Gasteiger partial charge in [0.15, 0.2) is 11.5 Å². The summed E-state index contributed by atoms with van der Waals surface area (Å²) in [6.45, 7) is 0.615. The highest BCUT2D eigenvalue weighted by molar-refractivity contribution is 7.14. The summed E-state index contributed by atoms with van der Waals surface area (Å²) in [5.74, 6) is 6.86. The minimum Gasteiger partial charge on any atom is -0.488 e. The summed E-state index contributed by atoms with van der Waals surface area (Å²) in [6, 6.07) is 8.95. The van der Waals surface area contributed by atoms with Crippen molar-refractivity contribution in [1.82, 2.24) is 5.43 Å². The van der Waals surface area contributed by atoms with Crippen molar-refractivity contribution in [1.29, 1.82) is 0 Å². The number of thiophene rings is 1. The monoisotopic (exact) mass is 292 g/mol. The number of amides is 1. The predicted octanol–water partition coefficient (Wildman–Crippen LogP) is 1.66. The summed E-state index contributed by atoms with van der Waals surface area (Å²) in [7, 11) is 0. The van der Waals surface area contributed by atoms with Gasteiger partial charge in [-0.1, -0.05) is 0 Å². The van der Waals surface area contributed by atoms with E-state index in [-0.39, 0.29) is 12.7 Å². The lowest BCUT2D eigenvalue weighted by Gasteiger charge is -2.05. The second kappa shape index (κ2) is 5.40. The minimum absolute atomic E-state index is 0.237. The zero-order chi connectivity index (χ0) is 13.9. The van der Waals surface area contributed by atoms with Crippen LogP contribution in [0.2, 0.25) is 0 Å². The average molecular weight is 292 g/mol. The number of hydrogen-bond donors (Lipinski definition) is 2. The third kappa shape index (κ3) is 2.54. The number of nitrogens with one attached hydrogen (secondary N) is 1. The van der Waals surface area contributed by atoms with Crippen LogP contribution in [0.3, 0.4) is 0 Å². The molecule has 1 aliphatic rings. The van der Waals surface area contributed by atoms with Crippen LogP contribution in [0.15, 0.2) is 30.3 Å². The van der Waals surface area contributed by atoms with Crippen molar-refractivity contribution < 1.29 is 19.0 Å². The Morgan fingerprint density at radius 2 is 2.15 bits per heavy atom. The van der Waals surface area contributed by atoms with Gasteiger partial charge in [0.2, 0.25) is 6.79 Å². The fourth-order valence-corrected chi connectivity index (χ4v) is 2.59. The van der Waals surface area contributed by atoms with Gasteiger partial charge in [-0.25, -0.2) is 5.84 Å². The Kier molecular flexibility index (Phi) is 3.44. The van der Waals surface area contributed by atoms with Crippen LogP contribution in [-0.2, 0) is 6.61 Å². The Hall–Kier alpha value is -2.25. The van der Waals surface area contributed by atoms with Crippen molar-refractivity contribution in [3.63, 3.8) is 0 Å². The number of rotatable bonds is 4. The topological polar surface area (TPSA) is 82.8 Å². The molecule has 20 heavy (non-hydrogen) atoms. The van der Waals surface area contributed by atoms with Crippen LogP contribution in [0, 0.1) is 0 Å². The largest absolute Gasteiger partial charge is 0.488 e. The highest BCUT2D eigenvalue weighted by Gasteiger charge is 2.14. The molecule has 3 N–H and O–H groups in total. The third-order valence-electron chi connectivity index (χ3n) is 2.74. The molecule has 0 radical (unpaired) electrons. The van der Waals surface area contributed by atoms with Crippen LogP contribution in [-0.4, -0.2) is 12.7 Å². The van der Waals surface area contributed by atoms with Gasteiger partial charge >= 0.3 is 0 Å². The first kappa shape index (κ1) is 12.8. The third-order valence-corrected chi connectivity index (χ3v) is 3.80. The average Bonchev–Trinajstić information content (AvgIpc) is 3.12. The quantitative estimate of drug-likeness (QED) is 0.509. The van der Waals surface area contributed by atoms with E-state index in [0.29, 0.717) is 23.0 Å². The van der Waals surface area contributed by atoms with E-state index in [9.17, 15) is 4.79 Å². The standard InChI is InChI=1S/C13H12N2O4S/c14-15-13(16)12-4-2-9(20-12)6-17-8-1-3-10-11(5-8)19-7-18-10/h1-5H,6-7,14H2,(H,15,16). The van der Waals surface area contributed by atoms with Gasteiger partial charge in [-0.15, -0.1) is 11.3 Å². The van der Waals surface area contributed by atoms with Gasteiger partial charge in [0.05, 0.1) is 4.88 Å². The molecule has 2 aromatic rings. The number of hydrazine groups is 1. The molecule has 0 atom stereocenters. The fourth-order valence-electron chi connectivity index (χ4n) is 1.77. The molecule has 0 bridgehead atoms. The molecule has 0 unspecified atom stereocenters. The molecule has 2 heterocycles. The summed E-state index contributed by atoms with van der Waals surface area (Å²) in [5, 5.41) is 0. The van der Waals surface area contributed by atoms with Crippen molar-refractivity contribution in [2.75, 3.05) is 6.79 Å². The van der Waals surface area contributed by atoms with E-state index in [1.165, 1.54) is 11.3 Å². The molecular formula is C13H12N2O4S. The maximum absolute atomic E-state index is 11.3. The molecule has 104 valence electrons. The van der Waals surface area contributed by atoms with Crippen molar-refractivity contribution in [3.8, 4) is 17.2 Å². The van der Waals surface area contributed by atoms with E-state index < -0.39 is 0 Å². The molecule has 6 nitrogen and oxygen atoms in total. The SMILES string of the molecule is NNC(=O)c1ccc(COc2ccc3c(c2)OCO3)s1. The normalized spacial score (nSPS) is 12.2. The lowest BCUT2D eigenvalue weighted by atomic mass is 10.3. The second-order valence-electron chi connectivity index (χ2n) is 4.04. The summed E-state index contributed by atoms with van der Waals surface area (Å²) >= 11 is 1.34. The molecular weight excluding hydrogens is 280 g/mol. The number of ether oxygens (including phenoxy) is 3. The maximum atomic E-state index is 11.3. The molecule has 1 aromatic carbocycles. The maximum Gasteiger partial charge on any atom is 0.275 e. The molecule has 7 heteroatoms. The molecule has 0 spiro atoms. The Labute approximate surface area is 119 Å². The van der Waals surface area contributed by atoms with Crippen molar-refractivity contribution in [2.24, 2.45) is 5.84 Å². The van der Waals surface area contributed by atoms with E-state index >= 15 is 0 Å². The van der Waals surface area contributed by atoms with Crippen LogP contribution in [0.25, 0.3) is 0 Å². The molecule has 0 fully saturated rings. The van der Waals surface area contributed by atoms with Gasteiger partial charge in [0.1, 0.15) is 12.4 Å². The highest BCUT2D eigenvalue weighted by Crippen LogP contribution is 2.35. The second-order valence-corrected chi connectivity index (χ2v) is 5.21. The van der Waals surface area contributed by atoms with Crippen molar-refractivity contribution >= 4 is 17.2 Å². The fraction of sp³-hybridized carbons (Fsp3) is 0.154. The van der Waals surface area contributed by atoms with Gasteiger partial charge in [0.25, 0.3) is 5.91 Å². The molecule has 1 aliphatic heterocycles. The van der Waals surface area contributed by atoms with E-state index in [2.05, 4.69) is 5.43 Å². The van der Waals surface area contributed by atoms with Gasteiger partial charge in [-0.3, -0.25) is 10.2 Å². The first-order chi connectivity index (χ1) is 9.76. The van der Waals surface area contributed by atoms with E-state index in [1.54, 1.807) is 18.2 Å². The molecule has 3 rings (SSSR count). The molecule has 0 saturated carbocycles. The van der Waals surface area contributed by atoms with Crippen LogP contribution in [0.4, 0.5) is 0 Å². The Morgan fingerprint density at radius 1 is 1.30 bits per heavy atom. The van der Waals surface area contributed by atoms with Crippen molar-refractivity contribution in [2.45, 2.75) is 6.61 Å². The van der Waals surface area contributed by atoms with Crippen molar-refractivity contribution in [3.05, 3.63) is 40.1 Å². The predicted molar refractivity (Wildman–Crippen MR) is 72.9 cm³/mol. The number of hydrogen-bond acceptors (Lipinski definition) is 6. The Balaban J connectivity index is 1.64. The van der Waals surface area contributed by atoms with E-state index in [0.717, 1.165) is 10.6 Å². The molecule has 1 aromatic heterocycles. The summed E-state index contributed by atoms with van der Waals surface area (Å²) < 4.78 is 16.2. The smallest absolute Gasteiger partial charge is 0.275 e. The summed E-state index contributed by atoms with van der Waals surface area (Å²) in [6.07, 6.45) is 0. The number of carbonyl (C=O) groups is 1. The number of fused-ring (bicyclic) bond motifs is 1. The summed E-state index contributed by atoms with van der Waals surface area (Å²) in [5.41, 5.74) is 2.10. The Morgan fingerprint density at radius 3 is 3.00 bits per heavy atom. The van der Waals surface area contributed by atoms with E-state index in [4.69, 9.17) is 20.1 Å². The van der Waals surface area contributed by atoms with Gasteiger partial charge in [-0.05, 0) is 24.3 Å². The van der Waals surface area contributed by atoms with Crippen LogP contribution in [0.5, 0.6) is 17.2 Å². The van der Waals surface area contributed by atoms with Crippen LogP contribution in [0.1, 0.15) is 14.5 Å².